The third-order valence-corrected chi connectivity index (χ3v) is 6.15. The minimum absolute atomic E-state index is 0.138. The summed E-state index contributed by atoms with van der Waals surface area (Å²) in [5.74, 6) is 0.633. The lowest BCUT2D eigenvalue weighted by atomic mass is 10.1. The number of aromatic nitrogens is 4. The minimum Gasteiger partial charge on any atom is -0.368 e. The Kier molecular flexibility index (Phi) is 6.99. The number of fused-ring (bicyclic) bond motifs is 1. The molecule has 1 aliphatic rings. The molecular weight excluding hydrogens is 402 g/mol. The van der Waals surface area contributed by atoms with Crippen molar-refractivity contribution in [3.8, 4) is 0 Å². The molecule has 1 saturated heterocycles. The molecule has 0 amide bonds. The van der Waals surface area contributed by atoms with Crippen molar-refractivity contribution in [1.29, 1.82) is 0 Å². The smallest absolute Gasteiger partial charge is 0.280 e. The van der Waals surface area contributed by atoms with Crippen LogP contribution >= 0.6 is 0 Å². The van der Waals surface area contributed by atoms with E-state index in [1.807, 2.05) is 0 Å². The zero-order chi connectivity index (χ0) is 22.5. The van der Waals surface area contributed by atoms with Gasteiger partial charge in [-0.3, -0.25) is 9.69 Å². The van der Waals surface area contributed by atoms with Gasteiger partial charge in [0.25, 0.3) is 5.56 Å². The first-order chi connectivity index (χ1) is 15.6. The zero-order valence-electron chi connectivity index (χ0n) is 19.0. The van der Waals surface area contributed by atoms with Crippen molar-refractivity contribution in [2.24, 2.45) is 0 Å². The van der Waals surface area contributed by atoms with E-state index in [0.717, 1.165) is 31.4 Å². The van der Waals surface area contributed by atoms with Gasteiger partial charge in [0.15, 0.2) is 0 Å². The molecule has 8 nitrogen and oxygen atoms in total. The van der Waals surface area contributed by atoms with Crippen LogP contribution in [0.15, 0.2) is 35.3 Å². The highest BCUT2D eigenvalue weighted by Gasteiger charge is 2.16. The quantitative estimate of drug-likeness (QED) is 0.531. The summed E-state index contributed by atoms with van der Waals surface area (Å²) in [6, 6.07) is 8.68. The van der Waals surface area contributed by atoms with Crippen LogP contribution in [0.3, 0.4) is 0 Å². The van der Waals surface area contributed by atoms with Crippen molar-refractivity contribution in [2.75, 3.05) is 24.1 Å². The number of hydrogen-bond acceptors (Lipinski definition) is 7. The molecule has 3 heterocycles. The largest absolute Gasteiger partial charge is 0.368 e. The van der Waals surface area contributed by atoms with Gasteiger partial charge in [-0.2, -0.15) is 10.1 Å². The summed E-state index contributed by atoms with van der Waals surface area (Å²) in [5.41, 5.74) is 8.49. The number of anilines is 2. The monoisotopic (exact) mass is 435 g/mol. The average molecular weight is 436 g/mol. The summed E-state index contributed by atoms with van der Waals surface area (Å²) in [4.78, 5) is 24.4. The molecule has 0 radical (unpaired) electrons. The Labute approximate surface area is 188 Å². The minimum atomic E-state index is -0.211. The standard InChI is InChI=1S/C24H33N7O/c1-3-7-19(4-2)27-22-21-20(28-24(25)29-22)14-26-31(23(21)32)16-18-10-8-17(9-11-18)15-30-12-5-6-13-30/h8-11,14,19H,3-7,12-13,15-16H2,1-2H3,(H3,25,27,28,29)/t19-/m1/s1. The van der Waals surface area contributed by atoms with Crippen LogP contribution in [0.4, 0.5) is 11.8 Å². The predicted octanol–water partition coefficient (Wildman–Crippen LogP) is 3.40. The molecule has 0 saturated carbocycles. The van der Waals surface area contributed by atoms with Crippen molar-refractivity contribution < 1.29 is 0 Å². The molecule has 8 heteroatoms. The highest BCUT2D eigenvalue weighted by Crippen LogP contribution is 2.20. The SMILES string of the molecule is CCC[C@@H](CC)Nc1nc(N)nc2cnn(Cc3ccc(CN4CCCC4)cc3)c(=O)c12. The van der Waals surface area contributed by atoms with Gasteiger partial charge in [0, 0.05) is 12.6 Å². The van der Waals surface area contributed by atoms with Gasteiger partial charge in [-0.05, 0) is 49.9 Å². The Balaban J connectivity index is 1.59. The van der Waals surface area contributed by atoms with Crippen LogP contribution in [0.2, 0.25) is 0 Å². The first-order valence-electron chi connectivity index (χ1n) is 11.7. The van der Waals surface area contributed by atoms with Crippen molar-refractivity contribution in [3.05, 3.63) is 51.9 Å². The predicted molar refractivity (Wildman–Crippen MR) is 129 cm³/mol. The van der Waals surface area contributed by atoms with Crippen LogP contribution in [0.1, 0.15) is 57.1 Å². The molecule has 2 aromatic heterocycles. The van der Waals surface area contributed by atoms with E-state index in [1.165, 1.54) is 36.2 Å². The Hall–Kier alpha value is -3.00. The van der Waals surface area contributed by atoms with Crippen LogP contribution < -0.4 is 16.6 Å². The second-order valence-corrected chi connectivity index (χ2v) is 8.64. The Morgan fingerprint density at radius 2 is 1.75 bits per heavy atom. The zero-order valence-corrected chi connectivity index (χ0v) is 19.0. The summed E-state index contributed by atoms with van der Waals surface area (Å²) in [6.07, 6.45) is 7.15. The van der Waals surface area contributed by atoms with Gasteiger partial charge in [0.1, 0.15) is 16.7 Å². The van der Waals surface area contributed by atoms with Crippen LogP contribution in [-0.4, -0.2) is 43.8 Å². The highest BCUT2D eigenvalue weighted by atomic mass is 16.1. The molecule has 170 valence electrons. The summed E-state index contributed by atoms with van der Waals surface area (Å²) in [7, 11) is 0. The number of likely N-dealkylation sites (tertiary alicyclic amines) is 1. The fourth-order valence-corrected chi connectivity index (χ4v) is 4.37. The number of benzene rings is 1. The lowest BCUT2D eigenvalue weighted by Gasteiger charge is -2.18. The van der Waals surface area contributed by atoms with Gasteiger partial charge in [-0.15, -0.1) is 0 Å². The average Bonchev–Trinajstić information content (AvgIpc) is 3.29. The number of nitrogens with one attached hydrogen (secondary N) is 1. The van der Waals surface area contributed by atoms with Crippen LogP contribution in [0, 0.1) is 0 Å². The molecule has 1 atom stereocenters. The molecule has 1 aliphatic heterocycles. The molecule has 0 bridgehead atoms. The molecule has 3 N–H and O–H groups in total. The first kappa shape index (κ1) is 22.2. The molecule has 32 heavy (non-hydrogen) atoms. The van der Waals surface area contributed by atoms with Crippen LogP contribution in [0.25, 0.3) is 10.9 Å². The van der Waals surface area contributed by atoms with Gasteiger partial charge >= 0.3 is 0 Å². The van der Waals surface area contributed by atoms with Crippen molar-refractivity contribution in [2.45, 2.75) is 65.1 Å². The second-order valence-electron chi connectivity index (χ2n) is 8.64. The molecule has 4 rings (SSSR count). The summed E-state index contributed by atoms with van der Waals surface area (Å²) >= 11 is 0. The van der Waals surface area contributed by atoms with Crippen molar-refractivity contribution in [1.82, 2.24) is 24.6 Å². The van der Waals surface area contributed by atoms with E-state index in [1.54, 1.807) is 6.20 Å². The molecule has 0 spiro atoms. The lowest BCUT2D eigenvalue weighted by Crippen LogP contribution is -2.27. The number of nitrogens with zero attached hydrogens (tertiary/aromatic N) is 5. The molecule has 0 unspecified atom stereocenters. The third-order valence-electron chi connectivity index (χ3n) is 6.15. The second kappa shape index (κ2) is 10.1. The van der Waals surface area contributed by atoms with E-state index in [-0.39, 0.29) is 17.5 Å². The maximum absolute atomic E-state index is 13.3. The van der Waals surface area contributed by atoms with E-state index in [9.17, 15) is 4.79 Å². The number of nitrogens with two attached hydrogens (primary N) is 1. The van der Waals surface area contributed by atoms with Crippen molar-refractivity contribution >= 4 is 22.7 Å². The summed E-state index contributed by atoms with van der Waals surface area (Å²) < 4.78 is 1.48. The summed E-state index contributed by atoms with van der Waals surface area (Å²) in [6.45, 7) is 8.00. The maximum Gasteiger partial charge on any atom is 0.280 e. The number of nitrogen functional groups attached to an aromatic ring is 1. The number of hydrogen-bond donors (Lipinski definition) is 2. The normalized spacial score (nSPS) is 15.3. The van der Waals surface area contributed by atoms with E-state index in [2.05, 4.69) is 63.4 Å². The van der Waals surface area contributed by atoms with Gasteiger partial charge in [0.2, 0.25) is 5.95 Å². The Bertz CT molecular complexity index is 1100. The number of rotatable bonds is 9. The lowest BCUT2D eigenvalue weighted by molar-refractivity contribution is 0.331. The topological polar surface area (TPSA) is 102 Å². The van der Waals surface area contributed by atoms with Gasteiger partial charge in [0.05, 0.1) is 12.7 Å². The highest BCUT2D eigenvalue weighted by molar-refractivity contribution is 5.88. The molecular formula is C24H33N7O. The Morgan fingerprint density at radius 1 is 1.06 bits per heavy atom. The molecule has 1 aromatic carbocycles. The van der Waals surface area contributed by atoms with E-state index in [0.29, 0.717) is 23.3 Å². The van der Waals surface area contributed by atoms with E-state index >= 15 is 0 Å². The third kappa shape index (κ3) is 5.07. The molecule has 1 fully saturated rings. The van der Waals surface area contributed by atoms with Crippen molar-refractivity contribution in [3.63, 3.8) is 0 Å². The summed E-state index contributed by atoms with van der Waals surface area (Å²) in [5, 5.41) is 8.20. The van der Waals surface area contributed by atoms with Crippen LogP contribution in [-0.2, 0) is 13.1 Å². The van der Waals surface area contributed by atoms with Gasteiger partial charge < -0.3 is 11.1 Å². The fraction of sp³-hybridized carbons (Fsp3) is 0.500. The first-order valence-corrected chi connectivity index (χ1v) is 11.7. The molecule has 0 aliphatic carbocycles. The maximum atomic E-state index is 13.3. The molecule has 3 aromatic rings. The van der Waals surface area contributed by atoms with Gasteiger partial charge in [-0.25, -0.2) is 9.67 Å². The van der Waals surface area contributed by atoms with E-state index in [4.69, 9.17) is 5.73 Å². The van der Waals surface area contributed by atoms with Crippen LogP contribution in [0.5, 0.6) is 0 Å². The van der Waals surface area contributed by atoms with Gasteiger partial charge in [-0.1, -0.05) is 44.5 Å². The fourth-order valence-electron chi connectivity index (χ4n) is 4.37. The van der Waals surface area contributed by atoms with E-state index < -0.39 is 0 Å². The Morgan fingerprint density at radius 3 is 2.41 bits per heavy atom.